The smallest absolute Gasteiger partial charge is 0.254 e. The van der Waals surface area contributed by atoms with Crippen molar-refractivity contribution in [1.82, 2.24) is 5.32 Å². The zero-order valence-corrected chi connectivity index (χ0v) is 11.6. The van der Waals surface area contributed by atoms with Crippen molar-refractivity contribution in [2.45, 2.75) is 12.5 Å². The zero-order valence-electron chi connectivity index (χ0n) is 11.6. The molecule has 0 saturated heterocycles. The molecule has 2 aromatic rings. The molecule has 1 unspecified atom stereocenters. The maximum Gasteiger partial charge on any atom is 0.254 e. The summed E-state index contributed by atoms with van der Waals surface area (Å²) < 4.78 is 26.5. The highest BCUT2D eigenvalue weighted by atomic mass is 19.1. The summed E-state index contributed by atoms with van der Waals surface area (Å²) in [6.07, 6.45) is 0. The molecule has 2 rings (SSSR count). The van der Waals surface area contributed by atoms with E-state index in [1.54, 1.807) is 6.92 Å². The molecule has 0 aromatic heterocycles. The molecule has 2 aromatic carbocycles. The standard InChI is InChI=1S/C16H16F2N2O/c1-16(10-19,11-5-3-2-4-6-11)20-15(21)13-8-7-12(17)9-14(13)18/h2-9H,10,19H2,1H3,(H,20,21). The predicted octanol–water partition coefficient (Wildman–Crippen LogP) is 2.57. The first-order valence-corrected chi connectivity index (χ1v) is 6.49. The predicted molar refractivity (Wildman–Crippen MR) is 76.7 cm³/mol. The fourth-order valence-corrected chi connectivity index (χ4v) is 2.04. The average Bonchev–Trinajstić information content (AvgIpc) is 2.47. The summed E-state index contributed by atoms with van der Waals surface area (Å²) in [7, 11) is 0. The minimum atomic E-state index is -0.903. The summed E-state index contributed by atoms with van der Waals surface area (Å²) in [5, 5.41) is 2.71. The molecule has 110 valence electrons. The van der Waals surface area contributed by atoms with Crippen LogP contribution in [0.4, 0.5) is 8.78 Å². The van der Waals surface area contributed by atoms with Gasteiger partial charge in [0.25, 0.3) is 5.91 Å². The molecular formula is C16H16F2N2O. The molecule has 1 amide bonds. The molecule has 0 bridgehead atoms. The van der Waals surface area contributed by atoms with Crippen LogP contribution in [0, 0.1) is 11.6 Å². The van der Waals surface area contributed by atoms with Gasteiger partial charge in [0.1, 0.15) is 11.6 Å². The Labute approximate surface area is 121 Å². The van der Waals surface area contributed by atoms with E-state index in [4.69, 9.17) is 5.73 Å². The third kappa shape index (κ3) is 3.25. The Morgan fingerprint density at radius 2 is 1.86 bits per heavy atom. The van der Waals surface area contributed by atoms with Crippen LogP contribution >= 0.6 is 0 Å². The van der Waals surface area contributed by atoms with Crippen LogP contribution in [0.15, 0.2) is 48.5 Å². The van der Waals surface area contributed by atoms with Crippen LogP contribution in [-0.4, -0.2) is 12.5 Å². The van der Waals surface area contributed by atoms with Crippen molar-refractivity contribution in [1.29, 1.82) is 0 Å². The lowest BCUT2D eigenvalue weighted by molar-refractivity contribution is 0.0903. The molecule has 21 heavy (non-hydrogen) atoms. The topological polar surface area (TPSA) is 55.1 Å². The molecule has 0 spiro atoms. The van der Waals surface area contributed by atoms with Crippen molar-refractivity contribution in [3.05, 3.63) is 71.3 Å². The van der Waals surface area contributed by atoms with E-state index in [1.807, 2.05) is 30.3 Å². The number of amides is 1. The molecule has 0 fully saturated rings. The van der Waals surface area contributed by atoms with E-state index >= 15 is 0 Å². The van der Waals surface area contributed by atoms with Gasteiger partial charge in [-0.05, 0) is 24.6 Å². The third-order valence-corrected chi connectivity index (χ3v) is 3.38. The maximum absolute atomic E-state index is 13.7. The van der Waals surface area contributed by atoms with Crippen LogP contribution in [0.1, 0.15) is 22.8 Å². The maximum atomic E-state index is 13.7. The van der Waals surface area contributed by atoms with E-state index in [2.05, 4.69) is 5.32 Å². The van der Waals surface area contributed by atoms with Gasteiger partial charge in [0, 0.05) is 12.6 Å². The van der Waals surface area contributed by atoms with Gasteiger partial charge in [-0.3, -0.25) is 4.79 Å². The fourth-order valence-electron chi connectivity index (χ4n) is 2.04. The molecule has 0 heterocycles. The first-order valence-electron chi connectivity index (χ1n) is 6.49. The van der Waals surface area contributed by atoms with Gasteiger partial charge in [-0.25, -0.2) is 8.78 Å². The molecule has 5 heteroatoms. The van der Waals surface area contributed by atoms with E-state index < -0.39 is 23.1 Å². The van der Waals surface area contributed by atoms with Crippen molar-refractivity contribution >= 4 is 5.91 Å². The molecule has 1 atom stereocenters. The summed E-state index contributed by atoms with van der Waals surface area (Å²) in [6.45, 7) is 1.90. The largest absolute Gasteiger partial charge is 0.341 e. The molecule has 0 aliphatic rings. The highest BCUT2D eigenvalue weighted by Crippen LogP contribution is 2.20. The Balaban J connectivity index is 2.28. The minimum absolute atomic E-state index is 0.144. The molecule has 0 saturated carbocycles. The monoisotopic (exact) mass is 290 g/mol. The Morgan fingerprint density at radius 1 is 1.19 bits per heavy atom. The van der Waals surface area contributed by atoms with Crippen molar-refractivity contribution in [2.75, 3.05) is 6.54 Å². The third-order valence-electron chi connectivity index (χ3n) is 3.38. The number of rotatable bonds is 4. The fraction of sp³-hybridized carbons (Fsp3) is 0.188. The lowest BCUT2D eigenvalue weighted by atomic mass is 9.91. The van der Waals surface area contributed by atoms with E-state index in [0.717, 1.165) is 17.7 Å². The highest BCUT2D eigenvalue weighted by Gasteiger charge is 2.28. The molecule has 3 nitrogen and oxygen atoms in total. The number of nitrogens with one attached hydrogen (secondary N) is 1. The highest BCUT2D eigenvalue weighted by molar-refractivity contribution is 5.95. The summed E-state index contributed by atoms with van der Waals surface area (Å²) in [6, 6.07) is 12.0. The number of carbonyl (C=O) groups is 1. The Bertz CT molecular complexity index is 646. The number of hydrogen-bond donors (Lipinski definition) is 2. The summed E-state index contributed by atoms with van der Waals surface area (Å²) in [5.74, 6) is -2.27. The zero-order chi connectivity index (χ0) is 15.5. The SMILES string of the molecule is CC(CN)(NC(=O)c1ccc(F)cc1F)c1ccccc1. The second-order valence-electron chi connectivity index (χ2n) is 4.98. The number of carbonyl (C=O) groups excluding carboxylic acids is 1. The van der Waals surface area contributed by atoms with Crippen LogP contribution in [0.25, 0.3) is 0 Å². The van der Waals surface area contributed by atoms with Gasteiger partial charge in [0.15, 0.2) is 0 Å². The van der Waals surface area contributed by atoms with E-state index in [-0.39, 0.29) is 12.1 Å². The van der Waals surface area contributed by atoms with Crippen LogP contribution < -0.4 is 11.1 Å². The van der Waals surface area contributed by atoms with Crippen molar-refractivity contribution in [3.8, 4) is 0 Å². The van der Waals surface area contributed by atoms with E-state index in [1.165, 1.54) is 0 Å². The Hall–Kier alpha value is -2.27. The number of benzene rings is 2. The van der Waals surface area contributed by atoms with Crippen molar-refractivity contribution in [3.63, 3.8) is 0 Å². The normalized spacial score (nSPS) is 13.5. The number of halogens is 2. The van der Waals surface area contributed by atoms with Gasteiger partial charge in [0.2, 0.25) is 0 Å². The second kappa shape index (κ2) is 6.01. The summed E-state index contributed by atoms with van der Waals surface area (Å²) >= 11 is 0. The van der Waals surface area contributed by atoms with Crippen LogP contribution in [-0.2, 0) is 5.54 Å². The minimum Gasteiger partial charge on any atom is -0.341 e. The van der Waals surface area contributed by atoms with Crippen LogP contribution in [0.3, 0.4) is 0 Å². The Kier molecular flexibility index (Phi) is 4.33. The van der Waals surface area contributed by atoms with Gasteiger partial charge < -0.3 is 11.1 Å². The lowest BCUT2D eigenvalue weighted by Gasteiger charge is -2.30. The first-order chi connectivity index (χ1) is 9.96. The van der Waals surface area contributed by atoms with Crippen LogP contribution in [0.2, 0.25) is 0 Å². The van der Waals surface area contributed by atoms with E-state index in [0.29, 0.717) is 6.07 Å². The average molecular weight is 290 g/mol. The van der Waals surface area contributed by atoms with Gasteiger partial charge in [-0.1, -0.05) is 30.3 Å². The first kappa shape index (κ1) is 15.1. The van der Waals surface area contributed by atoms with Crippen LogP contribution in [0.5, 0.6) is 0 Å². The molecule has 0 aliphatic carbocycles. The summed E-state index contributed by atoms with van der Waals surface area (Å²) in [4.78, 5) is 12.2. The molecular weight excluding hydrogens is 274 g/mol. The van der Waals surface area contributed by atoms with Crippen molar-refractivity contribution < 1.29 is 13.6 Å². The summed E-state index contributed by atoms with van der Waals surface area (Å²) in [5.41, 5.74) is 5.52. The lowest BCUT2D eigenvalue weighted by Crippen LogP contribution is -2.49. The number of hydrogen-bond acceptors (Lipinski definition) is 2. The van der Waals surface area contributed by atoms with E-state index in [9.17, 15) is 13.6 Å². The Morgan fingerprint density at radius 3 is 2.43 bits per heavy atom. The van der Waals surface area contributed by atoms with Gasteiger partial charge in [-0.15, -0.1) is 0 Å². The molecule has 0 aliphatic heterocycles. The molecule has 0 radical (unpaired) electrons. The second-order valence-corrected chi connectivity index (χ2v) is 4.98. The van der Waals surface area contributed by atoms with Crippen molar-refractivity contribution in [2.24, 2.45) is 5.73 Å². The van der Waals surface area contributed by atoms with Gasteiger partial charge >= 0.3 is 0 Å². The van der Waals surface area contributed by atoms with Gasteiger partial charge in [-0.2, -0.15) is 0 Å². The quantitative estimate of drug-likeness (QED) is 0.909. The van der Waals surface area contributed by atoms with Gasteiger partial charge in [0.05, 0.1) is 11.1 Å². The number of nitrogens with two attached hydrogens (primary N) is 1. The molecule has 3 N–H and O–H groups in total.